The molecule has 0 unspecified atom stereocenters. The summed E-state index contributed by atoms with van der Waals surface area (Å²) < 4.78 is 27.6. The summed E-state index contributed by atoms with van der Waals surface area (Å²) in [5.74, 6) is -0.634. The number of thiazole rings is 1. The maximum atomic E-state index is 12.4. The molecule has 3 aromatic rings. The summed E-state index contributed by atoms with van der Waals surface area (Å²) in [6.07, 6.45) is -0.0904. The summed E-state index contributed by atoms with van der Waals surface area (Å²) in [6, 6.07) is 13.0. The fraction of sp³-hybridized carbons (Fsp3) is 0.118. The van der Waals surface area contributed by atoms with Gasteiger partial charge >= 0.3 is 0 Å². The molecule has 2 aromatic carbocycles. The van der Waals surface area contributed by atoms with Crippen LogP contribution >= 0.6 is 11.3 Å². The van der Waals surface area contributed by atoms with Crippen molar-refractivity contribution in [3.63, 3.8) is 0 Å². The predicted octanol–water partition coefficient (Wildman–Crippen LogP) is 2.52. The van der Waals surface area contributed by atoms with Crippen molar-refractivity contribution in [2.45, 2.75) is 18.2 Å². The highest BCUT2D eigenvalue weighted by atomic mass is 32.2. The van der Waals surface area contributed by atoms with Gasteiger partial charge in [-0.15, -0.1) is 11.3 Å². The van der Waals surface area contributed by atoms with Crippen molar-refractivity contribution in [2.75, 3.05) is 0 Å². The number of carbonyl (C=O) groups excluding carboxylic acids is 1. The number of amides is 1. The lowest BCUT2D eigenvalue weighted by Crippen LogP contribution is -2.31. The summed E-state index contributed by atoms with van der Waals surface area (Å²) in [5, 5.41) is 9.60. The van der Waals surface area contributed by atoms with Gasteiger partial charge in [0.1, 0.15) is 0 Å². The molecule has 1 heterocycles. The minimum atomic E-state index is -3.95. The monoisotopic (exact) mass is 371 g/mol. The maximum Gasteiger partial charge on any atom is 0.264 e. The topological polar surface area (TPSA) is 99.9 Å². The lowest BCUT2D eigenvalue weighted by atomic mass is 10.1. The number of aryl methyl sites for hydroxylation is 1. The van der Waals surface area contributed by atoms with Crippen molar-refractivity contribution < 1.29 is 13.2 Å². The highest BCUT2D eigenvalue weighted by molar-refractivity contribution is 7.90. The van der Waals surface area contributed by atoms with E-state index >= 15 is 0 Å². The number of benzene rings is 2. The van der Waals surface area contributed by atoms with E-state index in [9.17, 15) is 13.2 Å². The van der Waals surface area contributed by atoms with E-state index in [1.54, 1.807) is 30.3 Å². The molecule has 0 aliphatic heterocycles. The van der Waals surface area contributed by atoms with Crippen LogP contribution in [0.5, 0.6) is 0 Å². The van der Waals surface area contributed by atoms with Gasteiger partial charge in [0.15, 0.2) is 0 Å². The van der Waals surface area contributed by atoms with E-state index in [-0.39, 0.29) is 11.3 Å². The number of carbonyl (C=O) groups is 1. The molecule has 0 aliphatic carbocycles. The Morgan fingerprint density at radius 2 is 1.96 bits per heavy atom. The third-order valence-electron chi connectivity index (χ3n) is 3.47. The summed E-state index contributed by atoms with van der Waals surface area (Å²) in [6.45, 7) is 1.85. The normalized spacial score (nSPS) is 11.2. The highest BCUT2D eigenvalue weighted by Crippen LogP contribution is 2.24. The van der Waals surface area contributed by atoms with E-state index in [0.717, 1.165) is 15.2 Å². The van der Waals surface area contributed by atoms with Crippen LogP contribution in [-0.2, 0) is 21.2 Å². The van der Waals surface area contributed by atoms with Crippen LogP contribution in [0.25, 0.3) is 10.2 Å². The van der Waals surface area contributed by atoms with Crippen molar-refractivity contribution in [3.05, 3.63) is 58.6 Å². The Bertz CT molecular complexity index is 1090. The van der Waals surface area contributed by atoms with Gasteiger partial charge in [0, 0.05) is 0 Å². The molecule has 0 atom stereocenters. The molecular formula is C17H13N3O3S2. The zero-order valence-corrected chi connectivity index (χ0v) is 14.8. The quantitative estimate of drug-likeness (QED) is 0.759. The number of aromatic nitrogens is 1. The Hall–Kier alpha value is -2.76. The fourth-order valence-corrected chi connectivity index (χ4v) is 4.27. The molecule has 0 saturated heterocycles. The van der Waals surface area contributed by atoms with Gasteiger partial charge in [0.05, 0.1) is 38.2 Å². The van der Waals surface area contributed by atoms with Gasteiger partial charge < -0.3 is 0 Å². The minimum Gasteiger partial charge on any atom is -0.274 e. The average molecular weight is 371 g/mol. The molecule has 25 heavy (non-hydrogen) atoms. The smallest absolute Gasteiger partial charge is 0.264 e. The Balaban J connectivity index is 1.76. The second kappa shape index (κ2) is 6.63. The van der Waals surface area contributed by atoms with Crippen LogP contribution in [0.3, 0.4) is 0 Å². The van der Waals surface area contributed by atoms with E-state index in [1.165, 1.54) is 23.5 Å². The number of nitriles is 1. The summed E-state index contributed by atoms with van der Waals surface area (Å²) >= 11 is 1.39. The van der Waals surface area contributed by atoms with Crippen molar-refractivity contribution in [2.24, 2.45) is 0 Å². The van der Waals surface area contributed by atoms with Crippen LogP contribution in [0.1, 0.15) is 16.1 Å². The number of rotatable bonds is 4. The number of fused-ring (bicyclic) bond motifs is 1. The average Bonchev–Trinajstić information content (AvgIpc) is 2.94. The van der Waals surface area contributed by atoms with Gasteiger partial charge in [-0.2, -0.15) is 5.26 Å². The van der Waals surface area contributed by atoms with Crippen molar-refractivity contribution in [1.29, 1.82) is 5.26 Å². The molecule has 0 fully saturated rings. The Morgan fingerprint density at radius 1 is 1.24 bits per heavy atom. The van der Waals surface area contributed by atoms with E-state index in [4.69, 9.17) is 5.26 Å². The van der Waals surface area contributed by atoms with Gasteiger partial charge in [0.25, 0.3) is 10.0 Å². The molecule has 6 nitrogen and oxygen atoms in total. The number of hydrogen-bond donors (Lipinski definition) is 1. The number of nitrogens with one attached hydrogen (secondary N) is 1. The first-order chi connectivity index (χ1) is 11.9. The van der Waals surface area contributed by atoms with E-state index in [0.29, 0.717) is 11.1 Å². The van der Waals surface area contributed by atoms with Crippen LogP contribution in [0, 0.1) is 18.3 Å². The second-order valence-electron chi connectivity index (χ2n) is 5.38. The van der Waals surface area contributed by atoms with Crippen LogP contribution in [0.4, 0.5) is 0 Å². The minimum absolute atomic E-state index is 0.0248. The van der Waals surface area contributed by atoms with Crippen LogP contribution in [0.15, 0.2) is 47.4 Å². The first-order valence-electron chi connectivity index (χ1n) is 7.29. The second-order valence-corrected chi connectivity index (χ2v) is 8.29. The van der Waals surface area contributed by atoms with Gasteiger partial charge in [-0.1, -0.05) is 12.1 Å². The molecule has 1 amide bonds. The van der Waals surface area contributed by atoms with Crippen molar-refractivity contribution >= 4 is 37.5 Å². The number of sulfonamides is 1. The lowest BCUT2D eigenvalue weighted by molar-refractivity contribution is -0.118. The summed E-state index contributed by atoms with van der Waals surface area (Å²) in [5.41, 5.74) is 1.83. The number of nitrogens with zero attached hydrogens (tertiary/aromatic N) is 2. The molecule has 126 valence electrons. The number of hydrogen-bond acceptors (Lipinski definition) is 6. The van der Waals surface area contributed by atoms with E-state index in [1.807, 2.05) is 13.0 Å². The molecule has 3 rings (SSSR count). The maximum absolute atomic E-state index is 12.4. The first-order valence-corrected chi connectivity index (χ1v) is 9.59. The van der Waals surface area contributed by atoms with E-state index < -0.39 is 15.9 Å². The molecular weight excluding hydrogens is 358 g/mol. The zero-order valence-electron chi connectivity index (χ0n) is 13.2. The Labute approximate surface area is 148 Å². The molecule has 0 bridgehead atoms. The van der Waals surface area contributed by atoms with Gasteiger partial charge in [-0.3, -0.25) is 4.79 Å². The van der Waals surface area contributed by atoms with Crippen molar-refractivity contribution in [3.8, 4) is 6.07 Å². The third kappa shape index (κ3) is 3.84. The molecule has 0 aliphatic rings. The van der Waals surface area contributed by atoms with E-state index in [2.05, 4.69) is 9.71 Å². The molecule has 1 aromatic heterocycles. The molecule has 0 spiro atoms. The molecule has 0 saturated carbocycles. The van der Waals surface area contributed by atoms with Crippen LogP contribution < -0.4 is 4.72 Å². The van der Waals surface area contributed by atoms with Crippen molar-refractivity contribution in [1.82, 2.24) is 9.71 Å². The molecule has 8 heteroatoms. The largest absolute Gasteiger partial charge is 0.274 e. The summed E-state index contributed by atoms with van der Waals surface area (Å²) in [4.78, 5) is 16.4. The Morgan fingerprint density at radius 3 is 2.64 bits per heavy atom. The summed E-state index contributed by atoms with van der Waals surface area (Å²) in [7, 11) is -3.95. The SMILES string of the molecule is Cc1nc2ccc(S(=O)(=O)NC(=O)Cc3ccc(C#N)cc3)cc2s1. The zero-order chi connectivity index (χ0) is 18.0. The highest BCUT2D eigenvalue weighted by Gasteiger charge is 2.19. The predicted molar refractivity (Wildman–Crippen MR) is 94.5 cm³/mol. The first kappa shape index (κ1) is 17.1. The molecule has 1 N–H and O–H groups in total. The van der Waals surface area contributed by atoms with Crippen LogP contribution in [0.2, 0.25) is 0 Å². The Kier molecular flexibility index (Phi) is 4.53. The van der Waals surface area contributed by atoms with Gasteiger partial charge in [-0.05, 0) is 42.8 Å². The molecule has 0 radical (unpaired) electrons. The van der Waals surface area contributed by atoms with Crippen LogP contribution in [-0.4, -0.2) is 19.3 Å². The lowest BCUT2D eigenvalue weighted by Gasteiger charge is -2.07. The standard InChI is InChI=1S/C17H13N3O3S2/c1-11-19-15-7-6-14(9-16(15)24-11)25(22,23)20-17(21)8-12-2-4-13(10-18)5-3-12/h2-7,9H,8H2,1H3,(H,20,21). The van der Waals surface area contributed by atoms with Gasteiger partial charge in [-0.25, -0.2) is 18.1 Å². The third-order valence-corrected chi connectivity index (χ3v) is 5.78. The fourth-order valence-electron chi connectivity index (χ4n) is 2.31. The van der Waals surface area contributed by atoms with Gasteiger partial charge in [0.2, 0.25) is 5.91 Å².